The van der Waals surface area contributed by atoms with Gasteiger partial charge in [-0.1, -0.05) is 38.1 Å². The average molecular weight is 422 g/mol. The summed E-state index contributed by atoms with van der Waals surface area (Å²) >= 11 is 0. The predicted molar refractivity (Wildman–Crippen MR) is 118 cm³/mol. The molecule has 2 amide bonds. The minimum Gasteiger partial charge on any atom is -0.484 e. The van der Waals surface area contributed by atoms with Gasteiger partial charge in [-0.2, -0.15) is 0 Å². The second-order valence-electron chi connectivity index (χ2n) is 7.77. The Hall–Kier alpha value is -3.32. The van der Waals surface area contributed by atoms with E-state index in [0.717, 1.165) is 0 Å². The highest BCUT2D eigenvalue weighted by Crippen LogP contribution is 2.32. The van der Waals surface area contributed by atoms with Gasteiger partial charge < -0.3 is 24.1 Å². The van der Waals surface area contributed by atoms with Gasteiger partial charge in [0.2, 0.25) is 5.76 Å². The van der Waals surface area contributed by atoms with Crippen molar-refractivity contribution in [2.24, 2.45) is 0 Å². The summed E-state index contributed by atoms with van der Waals surface area (Å²) in [6.45, 7) is 6.00. The number of ether oxygens (including phenoxy) is 2. The van der Waals surface area contributed by atoms with Crippen molar-refractivity contribution in [2.75, 3.05) is 38.2 Å². The SMILES string of the molecule is CC(C)c1ccc(OCC(=O)Nc2c(C(=O)N3CCOCC3)oc3ccccc23)cc1. The predicted octanol–water partition coefficient (Wildman–Crippen LogP) is 4.05. The monoisotopic (exact) mass is 422 g/mol. The van der Waals surface area contributed by atoms with Gasteiger partial charge >= 0.3 is 0 Å². The Morgan fingerprint density at radius 3 is 2.48 bits per heavy atom. The average Bonchev–Trinajstić information content (AvgIpc) is 3.16. The van der Waals surface area contributed by atoms with Crippen LogP contribution in [0.15, 0.2) is 52.9 Å². The van der Waals surface area contributed by atoms with Gasteiger partial charge in [-0.15, -0.1) is 0 Å². The van der Waals surface area contributed by atoms with Crippen molar-refractivity contribution in [3.8, 4) is 5.75 Å². The van der Waals surface area contributed by atoms with Crippen LogP contribution in [0, 0.1) is 0 Å². The zero-order valence-electron chi connectivity index (χ0n) is 17.7. The van der Waals surface area contributed by atoms with Crippen LogP contribution in [0.4, 0.5) is 5.69 Å². The molecule has 1 fully saturated rings. The Bertz CT molecular complexity index is 1070. The summed E-state index contributed by atoms with van der Waals surface area (Å²) in [5.74, 6) is 0.531. The third-order valence-corrected chi connectivity index (χ3v) is 5.27. The highest BCUT2D eigenvalue weighted by atomic mass is 16.5. The van der Waals surface area contributed by atoms with Gasteiger partial charge in [-0.3, -0.25) is 9.59 Å². The first-order chi connectivity index (χ1) is 15.0. The molecule has 4 rings (SSSR count). The molecule has 0 saturated carbocycles. The number of para-hydroxylation sites is 1. The largest absolute Gasteiger partial charge is 0.484 e. The molecule has 3 aromatic rings. The number of fused-ring (bicyclic) bond motifs is 1. The highest BCUT2D eigenvalue weighted by molar-refractivity contribution is 6.11. The van der Waals surface area contributed by atoms with Gasteiger partial charge in [-0.25, -0.2) is 0 Å². The molecular weight excluding hydrogens is 396 g/mol. The maximum atomic E-state index is 13.0. The first kappa shape index (κ1) is 20.9. The van der Waals surface area contributed by atoms with Gasteiger partial charge in [-0.05, 0) is 35.7 Å². The standard InChI is InChI=1S/C24H26N2O5/c1-16(2)17-7-9-18(10-8-17)30-15-21(27)25-22-19-5-3-4-6-20(19)31-23(22)24(28)26-11-13-29-14-12-26/h3-10,16H,11-15H2,1-2H3,(H,25,27). The maximum Gasteiger partial charge on any atom is 0.291 e. The van der Waals surface area contributed by atoms with Crippen LogP contribution in [0.2, 0.25) is 0 Å². The minimum atomic E-state index is -0.365. The Balaban J connectivity index is 1.50. The number of carbonyl (C=O) groups is 2. The van der Waals surface area contributed by atoms with Crippen LogP contribution in [0.25, 0.3) is 11.0 Å². The fraction of sp³-hybridized carbons (Fsp3) is 0.333. The van der Waals surface area contributed by atoms with Crippen molar-refractivity contribution >= 4 is 28.5 Å². The number of nitrogens with zero attached hydrogens (tertiary/aromatic N) is 1. The van der Waals surface area contributed by atoms with E-state index in [4.69, 9.17) is 13.9 Å². The molecule has 0 radical (unpaired) electrons. The smallest absolute Gasteiger partial charge is 0.291 e. The second-order valence-corrected chi connectivity index (χ2v) is 7.77. The van der Waals surface area contributed by atoms with Gasteiger partial charge in [0.25, 0.3) is 11.8 Å². The van der Waals surface area contributed by atoms with E-state index in [0.29, 0.717) is 54.6 Å². The third kappa shape index (κ3) is 4.72. The molecule has 7 nitrogen and oxygen atoms in total. The quantitative estimate of drug-likeness (QED) is 0.648. The van der Waals surface area contributed by atoms with E-state index in [-0.39, 0.29) is 24.2 Å². The summed E-state index contributed by atoms with van der Waals surface area (Å²) in [4.78, 5) is 27.3. The Morgan fingerprint density at radius 2 is 1.77 bits per heavy atom. The lowest BCUT2D eigenvalue weighted by Gasteiger charge is -2.26. The molecule has 0 atom stereocenters. The number of amides is 2. The molecule has 1 N–H and O–H groups in total. The van der Waals surface area contributed by atoms with E-state index in [9.17, 15) is 9.59 Å². The van der Waals surface area contributed by atoms with Crippen molar-refractivity contribution < 1.29 is 23.5 Å². The minimum absolute atomic E-state index is 0.123. The molecule has 2 aromatic carbocycles. The van der Waals surface area contributed by atoms with E-state index in [2.05, 4.69) is 19.2 Å². The molecule has 7 heteroatoms. The lowest BCUT2D eigenvalue weighted by molar-refractivity contribution is -0.118. The van der Waals surface area contributed by atoms with E-state index in [1.165, 1.54) is 5.56 Å². The Morgan fingerprint density at radius 1 is 1.06 bits per heavy atom. The number of morpholine rings is 1. The number of nitrogens with one attached hydrogen (secondary N) is 1. The Kier molecular flexibility index (Phi) is 6.23. The number of rotatable bonds is 6. The fourth-order valence-electron chi connectivity index (χ4n) is 3.50. The first-order valence-electron chi connectivity index (χ1n) is 10.4. The normalized spacial score (nSPS) is 14.1. The molecule has 1 aliphatic rings. The zero-order valence-corrected chi connectivity index (χ0v) is 17.7. The lowest BCUT2D eigenvalue weighted by Crippen LogP contribution is -2.40. The molecule has 0 unspecified atom stereocenters. The number of carbonyl (C=O) groups excluding carboxylic acids is 2. The van der Waals surface area contributed by atoms with E-state index in [1.54, 1.807) is 11.0 Å². The van der Waals surface area contributed by atoms with Crippen LogP contribution in [-0.2, 0) is 9.53 Å². The third-order valence-electron chi connectivity index (χ3n) is 5.27. The van der Waals surface area contributed by atoms with E-state index < -0.39 is 0 Å². The van der Waals surface area contributed by atoms with Gasteiger partial charge in [0.15, 0.2) is 6.61 Å². The van der Waals surface area contributed by atoms with Crippen LogP contribution < -0.4 is 10.1 Å². The molecule has 1 aliphatic heterocycles. The number of furan rings is 1. The van der Waals surface area contributed by atoms with Crippen molar-refractivity contribution in [3.05, 3.63) is 59.9 Å². The summed E-state index contributed by atoms with van der Waals surface area (Å²) in [7, 11) is 0. The number of benzene rings is 2. The summed E-state index contributed by atoms with van der Waals surface area (Å²) < 4.78 is 16.8. The molecule has 31 heavy (non-hydrogen) atoms. The molecule has 0 spiro atoms. The fourth-order valence-corrected chi connectivity index (χ4v) is 3.50. The zero-order chi connectivity index (χ0) is 21.8. The summed E-state index contributed by atoms with van der Waals surface area (Å²) in [6.07, 6.45) is 0. The van der Waals surface area contributed by atoms with Crippen molar-refractivity contribution in [2.45, 2.75) is 19.8 Å². The highest BCUT2D eigenvalue weighted by Gasteiger charge is 2.27. The molecule has 162 valence electrons. The molecule has 0 bridgehead atoms. The van der Waals surface area contributed by atoms with Gasteiger partial charge in [0, 0.05) is 18.5 Å². The van der Waals surface area contributed by atoms with Crippen LogP contribution in [0.3, 0.4) is 0 Å². The molecule has 2 heterocycles. The number of anilines is 1. The topological polar surface area (TPSA) is 81.0 Å². The first-order valence-corrected chi connectivity index (χ1v) is 10.4. The molecule has 1 aromatic heterocycles. The van der Waals surface area contributed by atoms with Gasteiger partial charge in [0.05, 0.1) is 13.2 Å². The van der Waals surface area contributed by atoms with Gasteiger partial charge in [0.1, 0.15) is 17.0 Å². The Labute approximate surface area is 180 Å². The van der Waals surface area contributed by atoms with Crippen molar-refractivity contribution in [1.29, 1.82) is 0 Å². The van der Waals surface area contributed by atoms with Crippen LogP contribution in [0.5, 0.6) is 5.75 Å². The van der Waals surface area contributed by atoms with Crippen LogP contribution in [-0.4, -0.2) is 49.6 Å². The second kappa shape index (κ2) is 9.22. The summed E-state index contributed by atoms with van der Waals surface area (Å²) in [5.41, 5.74) is 2.11. The molecular formula is C24H26N2O5. The van der Waals surface area contributed by atoms with E-state index in [1.807, 2.05) is 42.5 Å². The summed E-state index contributed by atoms with van der Waals surface area (Å²) in [5, 5.41) is 3.49. The summed E-state index contributed by atoms with van der Waals surface area (Å²) in [6, 6.07) is 14.9. The number of hydrogen-bond acceptors (Lipinski definition) is 5. The van der Waals surface area contributed by atoms with Crippen LogP contribution in [0.1, 0.15) is 35.9 Å². The van der Waals surface area contributed by atoms with Crippen LogP contribution >= 0.6 is 0 Å². The molecule has 0 aliphatic carbocycles. The van der Waals surface area contributed by atoms with Crippen molar-refractivity contribution in [1.82, 2.24) is 4.90 Å². The maximum absolute atomic E-state index is 13.0. The molecule has 1 saturated heterocycles. The lowest BCUT2D eigenvalue weighted by atomic mass is 10.0. The van der Waals surface area contributed by atoms with Crippen molar-refractivity contribution in [3.63, 3.8) is 0 Å². The van der Waals surface area contributed by atoms with E-state index >= 15 is 0 Å². The number of hydrogen-bond donors (Lipinski definition) is 1.